The van der Waals surface area contributed by atoms with Crippen LogP contribution in [-0.4, -0.2) is 31.1 Å². The van der Waals surface area contributed by atoms with E-state index >= 15 is 0 Å². The lowest BCUT2D eigenvalue weighted by Crippen LogP contribution is -1.94. The van der Waals surface area contributed by atoms with Crippen LogP contribution in [0.4, 0.5) is 17.1 Å². The largest absolute Gasteiger partial charge is 0.507 e. The van der Waals surface area contributed by atoms with Gasteiger partial charge < -0.3 is 5.11 Å². The standard InChI is InChI=1S/C16H13N7O3S/c1-10-18-21-16(27)22(10)17-9-11-8-13(4-7-15(11)24)20-19-12-2-5-14(6-3-12)23(25)26/h2-9,24H,1H3,(H,21,27)/b17-9+,20-19?. The Morgan fingerprint density at radius 1 is 1.22 bits per heavy atom. The Bertz CT molecular complexity index is 1100. The van der Waals surface area contributed by atoms with Crippen LogP contribution >= 0.6 is 12.2 Å². The van der Waals surface area contributed by atoms with Gasteiger partial charge in [0.2, 0.25) is 4.77 Å². The highest BCUT2D eigenvalue weighted by Crippen LogP contribution is 2.25. The van der Waals surface area contributed by atoms with Crippen molar-refractivity contribution in [2.45, 2.75) is 6.92 Å². The number of H-pyrrole nitrogens is 1. The molecule has 3 aromatic rings. The Hall–Kier alpha value is -3.73. The number of non-ortho nitro benzene ring substituents is 1. The van der Waals surface area contributed by atoms with E-state index in [0.29, 0.717) is 27.5 Å². The molecule has 0 aliphatic carbocycles. The molecule has 2 aromatic carbocycles. The van der Waals surface area contributed by atoms with Gasteiger partial charge in [-0.3, -0.25) is 15.2 Å². The summed E-state index contributed by atoms with van der Waals surface area (Å²) in [7, 11) is 0. The first-order valence-electron chi connectivity index (χ1n) is 7.61. The van der Waals surface area contributed by atoms with Gasteiger partial charge in [-0.1, -0.05) is 0 Å². The second kappa shape index (κ2) is 7.66. The maximum atomic E-state index is 10.7. The minimum atomic E-state index is -0.486. The molecule has 136 valence electrons. The Balaban J connectivity index is 1.82. The number of hydrogen-bond acceptors (Lipinski definition) is 8. The highest BCUT2D eigenvalue weighted by molar-refractivity contribution is 7.71. The van der Waals surface area contributed by atoms with Crippen LogP contribution in [-0.2, 0) is 0 Å². The lowest BCUT2D eigenvalue weighted by molar-refractivity contribution is -0.384. The van der Waals surface area contributed by atoms with E-state index in [1.165, 1.54) is 41.2 Å². The maximum absolute atomic E-state index is 10.7. The van der Waals surface area contributed by atoms with E-state index in [1.54, 1.807) is 19.1 Å². The van der Waals surface area contributed by atoms with Crippen molar-refractivity contribution in [1.82, 2.24) is 14.9 Å². The number of benzene rings is 2. The Labute approximate surface area is 157 Å². The molecule has 11 heteroatoms. The fraction of sp³-hybridized carbons (Fsp3) is 0.0625. The molecule has 0 saturated heterocycles. The minimum Gasteiger partial charge on any atom is -0.507 e. The predicted octanol–water partition coefficient (Wildman–Crippen LogP) is 4.16. The monoisotopic (exact) mass is 383 g/mol. The number of nitrogens with one attached hydrogen (secondary N) is 1. The predicted molar refractivity (Wildman–Crippen MR) is 101 cm³/mol. The zero-order chi connectivity index (χ0) is 19.4. The number of aryl methyl sites for hydroxylation is 1. The van der Waals surface area contributed by atoms with E-state index < -0.39 is 4.92 Å². The number of nitro benzene ring substituents is 1. The maximum Gasteiger partial charge on any atom is 0.269 e. The summed E-state index contributed by atoms with van der Waals surface area (Å²) in [5, 5.41) is 39.5. The van der Waals surface area contributed by atoms with Gasteiger partial charge in [-0.25, -0.2) is 0 Å². The topological polar surface area (TPSA) is 134 Å². The third-order valence-corrected chi connectivity index (χ3v) is 3.74. The molecule has 2 N–H and O–H groups in total. The van der Waals surface area contributed by atoms with Gasteiger partial charge in [0.05, 0.1) is 22.5 Å². The molecule has 0 aliphatic rings. The van der Waals surface area contributed by atoms with Crippen molar-refractivity contribution in [1.29, 1.82) is 0 Å². The molecular weight excluding hydrogens is 370 g/mol. The summed E-state index contributed by atoms with van der Waals surface area (Å²) in [6, 6.07) is 10.3. The molecule has 0 atom stereocenters. The van der Waals surface area contributed by atoms with Crippen LogP contribution in [0.5, 0.6) is 5.75 Å². The number of rotatable bonds is 5. The number of aromatic nitrogens is 3. The van der Waals surface area contributed by atoms with E-state index in [1.807, 2.05) is 0 Å². The SMILES string of the molecule is Cc1n[nH]c(=S)n1/N=C/c1cc(N=Nc2ccc([N+](=O)[O-])cc2)ccc1O. The molecule has 0 amide bonds. The summed E-state index contributed by atoms with van der Waals surface area (Å²) in [6.45, 7) is 1.73. The number of azo groups is 1. The van der Waals surface area contributed by atoms with Crippen molar-refractivity contribution in [3.05, 3.63) is 68.7 Å². The van der Waals surface area contributed by atoms with Gasteiger partial charge in [0, 0.05) is 17.7 Å². The molecule has 10 nitrogen and oxygen atoms in total. The average Bonchev–Trinajstić information content (AvgIpc) is 2.98. The lowest BCUT2D eigenvalue weighted by Gasteiger charge is -2.00. The zero-order valence-corrected chi connectivity index (χ0v) is 14.8. The summed E-state index contributed by atoms with van der Waals surface area (Å²) in [5.41, 5.74) is 1.33. The van der Waals surface area contributed by atoms with Gasteiger partial charge in [0.25, 0.3) is 5.69 Å². The fourth-order valence-electron chi connectivity index (χ4n) is 2.09. The minimum absolute atomic E-state index is 0.0145. The molecule has 1 heterocycles. The first-order valence-corrected chi connectivity index (χ1v) is 8.02. The first-order chi connectivity index (χ1) is 12.9. The number of aromatic hydroxyl groups is 1. The number of aromatic amines is 1. The second-order valence-corrected chi connectivity index (χ2v) is 5.74. The highest BCUT2D eigenvalue weighted by atomic mass is 32.1. The van der Waals surface area contributed by atoms with Gasteiger partial charge >= 0.3 is 0 Å². The van der Waals surface area contributed by atoms with E-state index in [-0.39, 0.29) is 11.4 Å². The van der Waals surface area contributed by atoms with Crippen molar-refractivity contribution < 1.29 is 10.0 Å². The van der Waals surface area contributed by atoms with Crippen molar-refractivity contribution >= 4 is 35.5 Å². The third-order valence-electron chi connectivity index (χ3n) is 3.48. The second-order valence-electron chi connectivity index (χ2n) is 5.35. The summed E-state index contributed by atoms with van der Waals surface area (Å²) < 4.78 is 1.75. The lowest BCUT2D eigenvalue weighted by atomic mass is 10.2. The van der Waals surface area contributed by atoms with Gasteiger partial charge in [0.1, 0.15) is 11.6 Å². The quantitative estimate of drug-likeness (QED) is 0.224. The van der Waals surface area contributed by atoms with Crippen molar-refractivity contribution in [3.63, 3.8) is 0 Å². The van der Waals surface area contributed by atoms with Crippen LogP contribution < -0.4 is 0 Å². The normalized spacial score (nSPS) is 11.4. The van der Waals surface area contributed by atoms with Crippen molar-refractivity contribution in [2.75, 3.05) is 0 Å². The van der Waals surface area contributed by atoms with Crippen LogP contribution in [0.25, 0.3) is 0 Å². The molecular formula is C16H13N7O3S. The van der Waals surface area contributed by atoms with E-state index in [9.17, 15) is 15.2 Å². The molecule has 0 saturated carbocycles. The Morgan fingerprint density at radius 3 is 2.52 bits per heavy atom. The molecule has 0 radical (unpaired) electrons. The first kappa shape index (κ1) is 18.1. The molecule has 0 spiro atoms. The number of phenolic OH excluding ortho intramolecular Hbond substituents is 1. The summed E-state index contributed by atoms with van der Waals surface area (Å²) in [5.74, 6) is 0.588. The van der Waals surface area contributed by atoms with Crippen LogP contribution in [0.2, 0.25) is 0 Å². The molecule has 0 bridgehead atoms. The van der Waals surface area contributed by atoms with E-state index in [0.717, 1.165) is 0 Å². The molecule has 0 aliphatic heterocycles. The summed E-state index contributed by atoms with van der Waals surface area (Å²) in [6.07, 6.45) is 1.43. The van der Waals surface area contributed by atoms with Crippen LogP contribution in [0, 0.1) is 21.8 Å². The van der Waals surface area contributed by atoms with Crippen LogP contribution in [0.15, 0.2) is 57.8 Å². The molecule has 27 heavy (non-hydrogen) atoms. The Kier molecular flexibility index (Phi) is 5.13. The van der Waals surface area contributed by atoms with Crippen LogP contribution in [0.1, 0.15) is 11.4 Å². The number of phenols is 1. The van der Waals surface area contributed by atoms with Gasteiger partial charge in [-0.15, -0.1) is 0 Å². The molecule has 3 rings (SSSR count). The van der Waals surface area contributed by atoms with Gasteiger partial charge in [-0.05, 0) is 49.5 Å². The smallest absolute Gasteiger partial charge is 0.269 e. The zero-order valence-electron chi connectivity index (χ0n) is 14.0. The molecule has 1 aromatic heterocycles. The van der Waals surface area contributed by atoms with E-state index in [4.69, 9.17) is 12.2 Å². The number of nitro groups is 1. The van der Waals surface area contributed by atoms with Crippen molar-refractivity contribution in [3.8, 4) is 5.75 Å². The fourth-order valence-corrected chi connectivity index (χ4v) is 2.32. The summed E-state index contributed by atoms with van der Waals surface area (Å²) in [4.78, 5) is 10.2. The summed E-state index contributed by atoms with van der Waals surface area (Å²) >= 11 is 5.06. The van der Waals surface area contributed by atoms with Crippen LogP contribution in [0.3, 0.4) is 0 Å². The van der Waals surface area contributed by atoms with Gasteiger partial charge in [0.15, 0.2) is 0 Å². The molecule has 0 fully saturated rings. The molecule has 0 unspecified atom stereocenters. The average molecular weight is 383 g/mol. The van der Waals surface area contributed by atoms with Crippen molar-refractivity contribution in [2.24, 2.45) is 15.3 Å². The van der Waals surface area contributed by atoms with Gasteiger partial charge in [-0.2, -0.15) is 25.1 Å². The Morgan fingerprint density at radius 2 is 1.89 bits per heavy atom. The highest BCUT2D eigenvalue weighted by Gasteiger charge is 2.04. The number of nitrogens with zero attached hydrogens (tertiary/aromatic N) is 6. The number of hydrogen-bond donors (Lipinski definition) is 2. The van der Waals surface area contributed by atoms with E-state index in [2.05, 4.69) is 25.5 Å². The third kappa shape index (κ3) is 4.27.